The van der Waals surface area contributed by atoms with Crippen LogP contribution in [0.4, 0.5) is 9.59 Å². The van der Waals surface area contributed by atoms with E-state index in [-0.39, 0.29) is 30.9 Å². The highest BCUT2D eigenvalue weighted by molar-refractivity contribution is 5.69. The van der Waals surface area contributed by atoms with Gasteiger partial charge in [-0.05, 0) is 79.4 Å². The lowest BCUT2D eigenvalue weighted by Gasteiger charge is -2.43. The fraction of sp³-hybridized carbons (Fsp3) is 0.429. The van der Waals surface area contributed by atoms with E-state index in [1.165, 1.54) is 0 Å². The van der Waals surface area contributed by atoms with Crippen LogP contribution in [0.5, 0.6) is 5.75 Å². The number of piperidine rings is 4. The van der Waals surface area contributed by atoms with Gasteiger partial charge in [-0.3, -0.25) is 4.90 Å². The highest BCUT2D eigenvalue weighted by Gasteiger charge is 2.37. The van der Waals surface area contributed by atoms with Gasteiger partial charge in [0.05, 0.1) is 12.6 Å². The molecule has 8 heteroatoms. The third kappa shape index (κ3) is 7.68. The highest BCUT2D eigenvalue weighted by Crippen LogP contribution is 2.31. The summed E-state index contributed by atoms with van der Waals surface area (Å²) in [6.45, 7) is 5.20. The molecule has 4 fully saturated rings. The molecular weight excluding hydrogens is 542 g/mol. The van der Waals surface area contributed by atoms with Crippen molar-refractivity contribution in [1.29, 1.82) is 0 Å². The summed E-state index contributed by atoms with van der Waals surface area (Å²) in [4.78, 5) is 29.8. The van der Waals surface area contributed by atoms with Crippen LogP contribution in [-0.4, -0.2) is 67.4 Å². The third-order valence-corrected chi connectivity index (χ3v) is 9.00. The van der Waals surface area contributed by atoms with Crippen molar-refractivity contribution in [2.75, 3.05) is 39.3 Å². The van der Waals surface area contributed by atoms with Gasteiger partial charge in [-0.1, -0.05) is 72.8 Å². The molecule has 4 aliphatic rings. The molecule has 4 heterocycles. The Balaban J connectivity index is 1.02. The molecule has 4 aliphatic heterocycles. The molecule has 0 saturated carbocycles. The average molecular weight is 584 g/mol. The number of amides is 2. The lowest BCUT2D eigenvalue weighted by molar-refractivity contribution is -0.0336. The fourth-order valence-electron chi connectivity index (χ4n) is 6.43. The Hall–Kier alpha value is -4.04. The SMILES string of the molecule is O=C(N[C@@H](c1ccccc1)c1cccc(OCC2CCN(C(=O)OCc3ccccc3)CC2)c1)O[C@H]1CN2CCC1CC2. The number of carbonyl (C=O) groups excluding carboxylic acids is 2. The number of nitrogens with one attached hydrogen (secondary N) is 1. The molecule has 7 rings (SSSR count). The number of nitrogens with zero attached hydrogens (tertiary/aromatic N) is 2. The van der Waals surface area contributed by atoms with Crippen LogP contribution in [0.3, 0.4) is 0 Å². The van der Waals surface area contributed by atoms with Gasteiger partial charge in [-0.2, -0.15) is 0 Å². The largest absolute Gasteiger partial charge is 0.493 e. The summed E-state index contributed by atoms with van der Waals surface area (Å²) in [5.74, 6) is 1.56. The maximum Gasteiger partial charge on any atom is 0.410 e. The highest BCUT2D eigenvalue weighted by atomic mass is 16.6. The first-order valence-electron chi connectivity index (χ1n) is 15.5. The number of hydrogen-bond donors (Lipinski definition) is 1. The molecule has 43 heavy (non-hydrogen) atoms. The van der Waals surface area contributed by atoms with E-state index in [9.17, 15) is 9.59 Å². The maximum absolute atomic E-state index is 13.1. The van der Waals surface area contributed by atoms with Gasteiger partial charge in [0.15, 0.2) is 0 Å². The topological polar surface area (TPSA) is 80.3 Å². The van der Waals surface area contributed by atoms with E-state index in [2.05, 4.69) is 10.2 Å². The Bertz CT molecular complexity index is 1340. The zero-order valence-corrected chi connectivity index (χ0v) is 24.6. The first-order chi connectivity index (χ1) is 21.1. The van der Waals surface area contributed by atoms with Crippen molar-refractivity contribution in [3.05, 3.63) is 102 Å². The third-order valence-electron chi connectivity index (χ3n) is 9.00. The monoisotopic (exact) mass is 583 g/mol. The zero-order valence-electron chi connectivity index (χ0n) is 24.6. The predicted octanol–water partition coefficient (Wildman–Crippen LogP) is 6.02. The molecule has 8 nitrogen and oxygen atoms in total. The van der Waals surface area contributed by atoms with E-state index >= 15 is 0 Å². The number of hydrogen-bond acceptors (Lipinski definition) is 6. The molecule has 0 radical (unpaired) electrons. The van der Waals surface area contributed by atoms with Gasteiger partial charge in [0.25, 0.3) is 0 Å². The van der Waals surface area contributed by atoms with Gasteiger partial charge in [-0.15, -0.1) is 0 Å². The minimum atomic E-state index is -0.382. The van der Waals surface area contributed by atoms with Crippen LogP contribution in [0.2, 0.25) is 0 Å². The Morgan fingerprint density at radius 2 is 1.51 bits per heavy atom. The van der Waals surface area contributed by atoms with Crippen LogP contribution >= 0.6 is 0 Å². The van der Waals surface area contributed by atoms with E-state index in [0.29, 0.717) is 31.5 Å². The molecule has 0 aliphatic carbocycles. The number of rotatable bonds is 9. The summed E-state index contributed by atoms with van der Waals surface area (Å²) in [5, 5.41) is 3.14. The number of ether oxygens (including phenoxy) is 3. The maximum atomic E-state index is 13.1. The lowest BCUT2D eigenvalue weighted by atomic mass is 9.86. The second-order valence-corrected chi connectivity index (χ2v) is 11.9. The van der Waals surface area contributed by atoms with E-state index in [1.807, 2.05) is 84.9 Å². The van der Waals surface area contributed by atoms with Crippen molar-refractivity contribution in [3.8, 4) is 5.75 Å². The summed E-state index contributed by atoms with van der Waals surface area (Å²) >= 11 is 0. The number of fused-ring (bicyclic) bond motifs is 3. The molecule has 2 amide bonds. The van der Waals surface area contributed by atoms with Crippen LogP contribution in [0.1, 0.15) is 48.4 Å². The van der Waals surface area contributed by atoms with E-state index in [0.717, 1.165) is 67.8 Å². The molecule has 226 valence electrons. The molecule has 0 unspecified atom stereocenters. The average Bonchev–Trinajstić information content (AvgIpc) is 3.07. The van der Waals surface area contributed by atoms with Crippen molar-refractivity contribution >= 4 is 12.2 Å². The Morgan fingerprint density at radius 1 is 0.814 bits per heavy atom. The summed E-state index contributed by atoms with van der Waals surface area (Å²) in [5.41, 5.74) is 2.90. The Kier molecular flexibility index (Phi) is 9.43. The molecule has 0 aromatic heterocycles. The minimum absolute atomic E-state index is 0.0503. The normalized spacial score (nSPS) is 22.4. The van der Waals surface area contributed by atoms with Gasteiger partial charge in [0.2, 0.25) is 0 Å². The van der Waals surface area contributed by atoms with Crippen LogP contribution in [0.15, 0.2) is 84.9 Å². The molecule has 3 aromatic rings. The molecule has 2 atom stereocenters. The van der Waals surface area contributed by atoms with Crippen molar-refractivity contribution < 1.29 is 23.8 Å². The molecular formula is C35H41N3O5. The van der Waals surface area contributed by atoms with Gasteiger partial charge in [0, 0.05) is 19.6 Å². The van der Waals surface area contributed by atoms with E-state index in [4.69, 9.17) is 14.2 Å². The summed E-state index contributed by atoms with van der Waals surface area (Å²) in [6, 6.07) is 27.3. The molecule has 0 spiro atoms. The van der Waals surface area contributed by atoms with Crippen LogP contribution < -0.4 is 10.1 Å². The Labute approximate surface area is 253 Å². The molecule has 4 saturated heterocycles. The first kappa shape index (κ1) is 29.1. The second-order valence-electron chi connectivity index (χ2n) is 11.9. The van der Waals surface area contributed by atoms with Crippen molar-refractivity contribution in [2.45, 2.75) is 44.4 Å². The smallest absolute Gasteiger partial charge is 0.410 e. The fourth-order valence-corrected chi connectivity index (χ4v) is 6.43. The standard InChI is InChI=1S/C35H41N3O5/c39-34(43-32-23-37-18-16-28(32)17-19-37)36-33(29-10-5-2-6-11-29)30-12-7-13-31(22-30)41-24-27-14-20-38(21-15-27)35(40)42-25-26-8-3-1-4-9-26/h1-13,22,27-28,32-33H,14-21,23-25H2,(H,36,39)/t32-,33-/m0/s1. The minimum Gasteiger partial charge on any atom is -0.493 e. The quantitative estimate of drug-likeness (QED) is 0.332. The second kappa shape index (κ2) is 14.0. The molecule has 3 aromatic carbocycles. The number of alkyl carbamates (subject to hydrolysis) is 1. The summed E-state index contributed by atoms with van der Waals surface area (Å²) in [7, 11) is 0. The van der Waals surface area contributed by atoms with E-state index < -0.39 is 0 Å². The molecule has 2 bridgehead atoms. The van der Waals surface area contributed by atoms with Crippen LogP contribution in [-0.2, 0) is 16.1 Å². The van der Waals surface area contributed by atoms with Crippen molar-refractivity contribution in [3.63, 3.8) is 0 Å². The van der Waals surface area contributed by atoms with Crippen LogP contribution in [0.25, 0.3) is 0 Å². The number of benzene rings is 3. The van der Waals surface area contributed by atoms with Gasteiger partial charge < -0.3 is 24.4 Å². The number of likely N-dealkylation sites (tertiary alicyclic amines) is 1. The van der Waals surface area contributed by atoms with Crippen LogP contribution in [0, 0.1) is 11.8 Å². The van der Waals surface area contributed by atoms with Crippen molar-refractivity contribution in [2.24, 2.45) is 11.8 Å². The predicted molar refractivity (Wildman–Crippen MR) is 164 cm³/mol. The molecule has 1 N–H and O–H groups in total. The number of carbonyl (C=O) groups is 2. The summed E-state index contributed by atoms with van der Waals surface area (Å²) < 4.78 is 17.7. The van der Waals surface area contributed by atoms with Crippen molar-refractivity contribution in [1.82, 2.24) is 15.1 Å². The summed E-state index contributed by atoms with van der Waals surface area (Å²) in [6.07, 6.45) is 3.22. The first-order valence-corrected chi connectivity index (χ1v) is 15.5. The van der Waals surface area contributed by atoms with Gasteiger partial charge in [0.1, 0.15) is 18.5 Å². The lowest BCUT2D eigenvalue weighted by Crippen LogP contribution is -2.52. The van der Waals surface area contributed by atoms with E-state index in [1.54, 1.807) is 4.90 Å². The zero-order chi connectivity index (χ0) is 29.4. The Morgan fingerprint density at radius 3 is 2.21 bits per heavy atom. The van der Waals surface area contributed by atoms with Gasteiger partial charge in [-0.25, -0.2) is 9.59 Å². The van der Waals surface area contributed by atoms with Gasteiger partial charge >= 0.3 is 12.2 Å².